The van der Waals surface area contributed by atoms with Crippen molar-refractivity contribution in [2.75, 3.05) is 0 Å². The van der Waals surface area contributed by atoms with Gasteiger partial charge in [-0.05, 0) is 74.6 Å². The molecule has 0 bridgehead atoms. The van der Waals surface area contributed by atoms with Crippen LogP contribution < -0.4 is 10.6 Å². The SMILES string of the molecule is CC(C)OC(=O)[C@@H](O)[C@H](CC1CCCCC1)NC(=O)[C@H](Cc1c[nH]cn1)NC(=O)[C@@H](C=C1CCCCC1)Cc1cccc2ccccc12. The van der Waals surface area contributed by atoms with Crippen LogP contribution in [-0.2, 0) is 32.0 Å². The monoisotopic (exact) mass is 656 g/mol. The van der Waals surface area contributed by atoms with Crippen LogP contribution in [0.3, 0.4) is 0 Å². The Labute approximate surface area is 284 Å². The second kappa shape index (κ2) is 17.4. The van der Waals surface area contributed by atoms with Crippen molar-refractivity contribution in [3.05, 3.63) is 77.9 Å². The summed E-state index contributed by atoms with van der Waals surface area (Å²) in [5, 5.41) is 19.4. The van der Waals surface area contributed by atoms with Crippen LogP contribution in [0.25, 0.3) is 10.8 Å². The van der Waals surface area contributed by atoms with Crippen molar-refractivity contribution < 1.29 is 24.2 Å². The summed E-state index contributed by atoms with van der Waals surface area (Å²) in [5.74, 6) is -1.66. The van der Waals surface area contributed by atoms with Crippen LogP contribution in [0, 0.1) is 11.8 Å². The Kier molecular flexibility index (Phi) is 12.8. The largest absolute Gasteiger partial charge is 0.461 e. The number of fused-ring (bicyclic) bond motifs is 1. The Hall–Kier alpha value is -3.98. The lowest BCUT2D eigenvalue weighted by Gasteiger charge is -2.31. The van der Waals surface area contributed by atoms with Gasteiger partial charge in [-0.1, -0.05) is 92.6 Å². The zero-order valence-electron chi connectivity index (χ0n) is 28.5. The summed E-state index contributed by atoms with van der Waals surface area (Å²) < 4.78 is 5.33. The minimum atomic E-state index is -1.52. The molecule has 2 saturated carbocycles. The van der Waals surface area contributed by atoms with Crippen molar-refractivity contribution in [2.45, 2.75) is 122 Å². The van der Waals surface area contributed by atoms with Crippen LogP contribution in [0.5, 0.6) is 0 Å². The number of esters is 1. The van der Waals surface area contributed by atoms with Gasteiger partial charge in [-0.2, -0.15) is 0 Å². The number of hydrogen-bond donors (Lipinski definition) is 4. The van der Waals surface area contributed by atoms with Crippen LogP contribution in [0.15, 0.2) is 66.6 Å². The molecule has 3 aromatic rings. The Morgan fingerprint density at radius 2 is 1.67 bits per heavy atom. The summed E-state index contributed by atoms with van der Waals surface area (Å²) >= 11 is 0. The van der Waals surface area contributed by atoms with E-state index in [1.165, 1.54) is 18.4 Å². The molecule has 9 heteroatoms. The van der Waals surface area contributed by atoms with E-state index >= 15 is 0 Å². The quantitative estimate of drug-likeness (QED) is 0.122. The molecular formula is C39H52N4O5. The standard InChI is InChI=1S/C39H52N4O5/c1-26(2)48-39(47)36(44)34(21-28-14-7-4-8-15-28)42-38(46)35(23-32-24-40-25-41-32)43-37(45)31(20-27-12-5-3-6-13-27)22-30-18-11-17-29-16-9-10-19-33(29)30/h9-11,16-20,24-26,28,31,34-36,44H,3-8,12-15,21-23H2,1-2H3,(H,40,41)(H,42,46)(H,43,45)/t31-,34-,35-,36-/m0/s1. The second-order valence-corrected chi connectivity index (χ2v) is 13.9. The van der Waals surface area contributed by atoms with Gasteiger partial charge in [0.15, 0.2) is 6.10 Å². The highest BCUT2D eigenvalue weighted by Gasteiger charge is 2.35. The fourth-order valence-corrected chi connectivity index (χ4v) is 7.29. The predicted octanol–water partition coefficient (Wildman–Crippen LogP) is 6.11. The molecule has 0 spiro atoms. The number of aliphatic hydroxyl groups excluding tert-OH is 1. The molecule has 9 nitrogen and oxygen atoms in total. The van der Waals surface area contributed by atoms with Gasteiger partial charge in [0.05, 0.1) is 30.1 Å². The number of carbonyl (C=O) groups is 3. The first-order chi connectivity index (χ1) is 23.3. The number of rotatable bonds is 14. The van der Waals surface area contributed by atoms with Gasteiger partial charge in [-0.15, -0.1) is 0 Å². The summed E-state index contributed by atoms with van der Waals surface area (Å²) in [6, 6.07) is 12.5. The second-order valence-electron chi connectivity index (χ2n) is 13.9. The number of aliphatic hydroxyl groups is 1. The summed E-state index contributed by atoms with van der Waals surface area (Å²) in [7, 11) is 0. The van der Waals surface area contributed by atoms with Gasteiger partial charge < -0.3 is 25.5 Å². The third-order valence-electron chi connectivity index (χ3n) is 9.80. The Morgan fingerprint density at radius 3 is 2.40 bits per heavy atom. The maximum Gasteiger partial charge on any atom is 0.337 e. The number of aromatic nitrogens is 2. The number of imidazole rings is 1. The molecule has 1 heterocycles. The molecule has 2 aliphatic carbocycles. The van der Waals surface area contributed by atoms with E-state index < -0.39 is 42.1 Å². The maximum atomic E-state index is 14.3. The minimum Gasteiger partial charge on any atom is -0.461 e. The van der Waals surface area contributed by atoms with Gasteiger partial charge in [-0.3, -0.25) is 9.59 Å². The molecule has 258 valence electrons. The number of ether oxygens (including phenoxy) is 1. The van der Waals surface area contributed by atoms with Crippen LogP contribution >= 0.6 is 0 Å². The molecule has 48 heavy (non-hydrogen) atoms. The van der Waals surface area contributed by atoms with Gasteiger partial charge >= 0.3 is 5.97 Å². The molecular weight excluding hydrogens is 604 g/mol. The van der Waals surface area contributed by atoms with E-state index in [1.807, 2.05) is 18.2 Å². The zero-order valence-corrected chi connectivity index (χ0v) is 28.5. The first-order valence-corrected chi connectivity index (χ1v) is 17.9. The van der Waals surface area contributed by atoms with Crippen molar-refractivity contribution in [2.24, 2.45) is 11.8 Å². The van der Waals surface area contributed by atoms with Crippen LogP contribution in [0.2, 0.25) is 0 Å². The van der Waals surface area contributed by atoms with E-state index in [0.29, 0.717) is 18.5 Å². The van der Waals surface area contributed by atoms with Crippen LogP contribution in [-0.4, -0.2) is 57.1 Å². The van der Waals surface area contributed by atoms with Gasteiger partial charge in [0, 0.05) is 12.6 Å². The molecule has 0 radical (unpaired) electrons. The molecule has 4 atom stereocenters. The van der Waals surface area contributed by atoms with E-state index in [2.05, 4.69) is 50.9 Å². The molecule has 2 aromatic carbocycles. The molecule has 4 N–H and O–H groups in total. The Morgan fingerprint density at radius 1 is 0.938 bits per heavy atom. The molecule has 2 fully saturated rings. The van der Waals surface area contributed by atoms with E-state index in [0.717, 1.165) is 67.7 Å². The van der Waals surface area contributed by atoms with Crippen molar-refractivity contribution in [3.8, 4) is 0 Å². The normalized spacial score (nSPS) is 18.1. The summed E-state index contributed by atoms with van der Waals surface area (Å²) in [6.45, 7) is 3.46. The topological polar surface area (TPSA) is 133 Å². The lowest BCUT2D eigenvalue weighted by atomic mass is 9.83. The average molecular weight is 657 g/mol. The lowest BCUT2D eigenvalue weighted by molar-refractivity contribution is -0.159. The highest BCUT2D eigenvalue weighted by Crippen LogP contribution is 2.29. The fourth-order valence-electron chi connectivity index (χ4n) is 7.29. The number of benzene rings is 2. The smallest absolute Gasteiger partial charge is 0.337 e. The predicted molar refractivity (Wildman–Crippen MR) is 187 cm³/mol. The van der Waals surface area contributed by atoms with E-state index in [9.17, 15) is 19.5 Å². The van der Waals surface area contributed by atoms with Crippen molar-refractivity contribution in [1.82, 2.24) is 20.6 Å². The number of nitrogens with zero attached hydrogens (tertiary/aromatic N) is 1. The molecule has 0 aliphatic heterocycles. The third kappa shape index (κ3) is 10.0. The minimum absolute atomic E-state index is 0.154. The Bertz CT molecular complexity index is 1510. The first kappa shape index (κ1) is 35.3. The third-order valence-corrected chi connectivity index (χ3v) is 9.80. The summed E-state index contributed by atoms with van der Waals surface area (Å²) in [6.07, 6.45) is 15.2. The fraction of sp³-hybridized carbons (Fsp3) is 0.538. The summed E-state index contributed by atoms with van der Waals surface area (Å²) in [5.41, 5.74) is 2.98. The number of H-pyrrole nitrogens is 1. The number of nitrogens with one attached hydrogen (secondary N) is 3. The number of amides is 2. The van der Waals surface area contributed by atoms with Gasteiger partial charge in [0.25, 0.3) is 0 Å². The van der Waals surface area contributed by atoms with Gasteiger partial charge in [-0.25, -0.2) is 9.78 Å². The van der Waals surface area contributed by atoms with Crippen LogP contribution in [0.1, 0.15) is 95.7 Å². The van der Waals surface area contributed by atoms with Crippen molar-refractivity contribution >= 4 is 28.6 Å². The maximum absolute atomic E-state index is 14.3. The molecule has 2 aliphatic rings. The Balaban J connectivity index is 1.40. The number of aromatic amines is 1. The van der Waals surface area contributed by atoms with Gasteiger partial charge in [0.1, 0.15) is 6.04 Å². The highest BCUT2D eigenvalue weighted by molar-refractivity contribution is 5.91. The highest BCUT2D eigenvalue weighted by atomic mass is 16.6. The molecule has 5 rings (SSSR count). The number of allylic oxidation sites excluding steroid dienone is 1. The number of carbonyl (C=O) groups excluding carboxylic acids is 3. The zero-order chi connectivity index (χ0) is 33.9. The van der Waals surface area contributed by atoms with Crippen molar-refractivity contribution in [1.29, 1.82) is 0 Å². The lowest BCUT2D eigenvalue weighted by Crippen LogP contribution is -2.56. The van der Waals surface area contributed by atoms with E-state index in [4.69, 9.17) is 4.74 Å². The molecule has 2 amide bonds. The average Bonchev–Trinajstić information content (AvgIpc) is 3.61. The summed E-state index contributed by atoms with van der Waals surface area (Å²) in [4.78, 5) is 48.5. The molecule has 0 saturated heterocycles. The van der Waals surface area contributed by atoms with E-state index in [1.54, 1.807) is 26.4 Å². The van der Waals surface area contributed by atoms with Crippen molar-refractivity contribution in [3.63, 3.8) is 0 Å². The van der Waals surface area contributed by atoms with Gasteiger partial charge in [0.2, 0.25) is 11.8 Å². The number of hydrogen-bond acceptors (Lipinski definition) is 6. The molecule has 1 aromatic heterocycles. The van der Waals surface area contributed by atoms with E-state index in [-0.39, 0.29) is 18.2 Å². The van der Waals surface area contributed by atoms with Crippen LogP contribution in [0.4, 0.5) is 0 Å². The first-order valence-electron chi connectivity index (χ1n) is 17.9. The molecule has 0 unspecified atom stereocenters.